The van der Waals surface area contributed by atoms with Crippen molar-refractivity contribution in [3.63, 3.8) is 0 Å². The lowest BCUT2D eigenvalue weighted by molar-refractivity contribution is -0.136. The number of benzene rings is 1. The molecular formula is C23H25ClN6O. The summed E-state index contributed by atoms with van der Waals surface area (Å²) in [5.41, 5.74) is 3.64. The molecular weight excluding hydrogens is 412 g/mol. The third-order valence-electron chi connectivity index (χ3n) is 6.28. The number of fused-ring (bicyclic) bond motifs is 1. The maximum absolute atomic E-state index is 13.1. The van der Waals surface area contributed by atoms with Crippen LogP contribution >= 0.6 is 11.6 Å². The van der Waals surface area contributed by atoms with Crippen molar-refractivity contribution in [1.82, 2.24) is 19.9 Å². The summed E-state index contributed by atoms with van der Waals surface area (Å²) in [4.78, 5) is 32.7. The lowest BCUT2D eigenvalue weighted by Crippen LogP contribution is -2.51. The number of piperazine rings is 1. The van der Waals surface area contributed by atoms with Crippen LogP contribution in [0, 0.1) is 5.92 Å². The van der Waals surface area contributed by atoms with Crippen LogP contribution in [0.2, 0.25) is 5.02 Å². The molecule has 2 aliphatic heterocycles. The van der Waals surface area contributed by atoms with Crippen molar-refractivity contribution < 1.29 is 4.79 Å². The summed E-state index contributed by atoms with van der Waals surface area (Å²) in [6, 6.07) is 9.96. The number of carbonyl (C=O) groups excluding carboxylic acids is 1. The molecule has 4 heterocycles. The Bertz CT molecular complexity index is 1080. The number of aromatic nitrogens is 3. The quantitative estimate of drug-likeness (QED) is 0.628. The Labute approximate surface area is 186 Å². The highest BCUT2D eigenvalue weighted by Gasteiger charge is 2.30. The largest absolute Gasteiger partial charge is 0.370 e. The molecule has 0 atom stereocenters. The minimum absolute atomic E-state index is 0.0992. The van der Waals surface area contributed by atoms with E-state index in [-0.39, 0.29) is 5.92 Å². The van der Waals surface area contributed by atoms with Gasteiger partial charge in [0.1, 0.15) is 5.52 Å². The topological polar surface area (TPSA) is 65.5 Å². The van der Waals surface area contributed by atoms with Crippen LogP contribution in [-0.4, -0.2) is 65.0 Å². The molecule has 2 fully saturated rings. The van der Waals surface area contributed by atoms with Crippen molar-refractivity contribution in [2.45, 2.75) is 12.8 Å². The Morgan fingerprint density at radius 2 is 1.61 bits per heavy atom. The molecule has 7 nitrogen and oxygen atoms in total. The molecule has 5 rings (SSSR count). The van der Waals surface area contributed by atoms with Crippen LogP contribution < -0.4 is 9.80 Å². The van der Waals surface area contributed by atoms with Crippen LogP contribution in [0.4, 0.5) is 11.4 Å². The van der Waals surface area contributed by atoms with E-state index in [1.807, 2.05) is 35.4 Å². The van der Waals surface area contributed by atoms with Crippen molar-refractivity contribution in [2.75, 3.05) is 49.1 Å². The van der Waals surface area contributed by atoms with Gasteiger partial charge in [0.15, 0.2) is 5.65 Å². The molecule has 0 saturated carbocycles. The monoisotopic (exact) mass is 436 g/mol. The second-order valence-corrected chi connectivity index (χ2v) is 8.58. The minimum Gasteiger partial charge on any atom is -0.370 e. The van der Waals surface area contributed by atoms with E-state index in [0.717, 1.165) is 74.0 Å². The van der Waals surface area contributed by atoms with Crippen molar-refractivity contribution in [1.29, 1.82) is 0 Å². The van der Waals surface area contributed by atoms with Crippen LogP contribution in [0.25, 0.3) is 11.2 Å². The van der Waals surface area contributed by atoms with E-state index < -0.39 is 0 Å². The smallest absolute Gasteiger partial charge is 0.225 e. The zero-order valence-electron chi connectivity index (χ0n) is 17.3. The number of piperidine rings is 1. The predicted molar refractivity (Wildman–Crippen MR) is 123 cm³/mol. The summed E-state index contributed by atoms with van der Waals surface area (Å²) in [6.07, 6.45) is 6.93. The molecule has 0 spiro atoms. The van der Waals surface area contributed by atoms with E-state index in [0.29, 0.717) is 11.6 Å². The number of carbonyl (C=O) groups is 1. The summed E-state index contributed by atoms with van der Waals surface area (Å²) in [7, 11) is 0. The van der Waals surface area contributed by atoms with Gasteiger partial charge in [-0.25, -0.2) is 9.97 Å². The van der Waals surface area contributed by atoms with Crippen LogP contribution in [0.15, 0.2) is 48.9 Å². The Morgan fingerprint density at radius 3 is 2.39 bits per heavy atom. The van der Waals surface area contributed by atoms with Crippen molar-refractivity contribution in [2.24, 2.45) is 5.92 Å². The number of nitrogens with zero attached hydrogens (tertiary/aromatic N) is 6. The Balaban J connectivity index is 1.16. The lowest BCUT2D eigenvalue weighted by atomic mass is 9.94. The van der Waals surface area contributed by atoms with Gasteiger partial charge in [0, 0.05) is 68.3 Å². The van der Waals surface area contributed by atoms with E-state index in [9.17, 15) is 4.79 Å². The molecule has 31 heavy (non-hydrogen) atoms. The third kappa shape index (κ3) is 4.28. The summed E-state index contributed by atoms with van der Waals surface area (Å²) < 4.78 is 0. The van der Waals surface area contributed by atoms with Gasteiger partial charge in [-0.3, -0.25) is 9.78 Å². The molecule has 160 valence electrons. The lowest BCUT2D eigenvalue weighted by Gasteiger charge is -2.39. The summed E-state index contributed by atoms with van der Waals surface area (Å²) >= 11 is 6.12. The fraction of sp³-hybridized carbons (Fsp3) is 0.391. The Hall–Kier alpha value is -2.93. The fourth-order valence-corrected chi connectivity index (χ4v) is 4.71. The summed E-state index contributed by atoms with van der Waals surface area (Å²) in [5, 5.41) is 0.747. The maximum Gasteiger partial charge on any atom is 0.225 e. The highest BCUT2D eigenvalue weighted by Crippen LogP contribution is 2.27. The molecule has 8 heteroatoms. The second-order valence-electron chi connectivity index (χ2n) is 8.15. The van der Waals surface area contributed by atoms with E-state index in [4.69, 9.17) is 11.6 Å². The molecule has 0 N–H and O–H groups in total. The molecule has 2 aliphatic rings. The average Bonchev–Trinajstić information content (AvgIpc) is 2.83. The standard InChI is InChI=1S/C23H25ClN6O/c24-18-2-1-3-19(14-18)29-10-12-30(13-11-29)23(31)17-4-8-28(9-5-17)20-15-21-22(27-16-20)26-7-6-25-21/h1-3,6-7,14-17H,4-5,8-13H2. The first-order valence-corrected chi connectivity index (χ1v) is 11.2. The minimum atomic E-state index is 0.0992. The molecule has 3 aromatic rings. The maximum atomic E-state index is 13.1. The van der Waals surface area contributed by atoms with Crippen LogP contribution in [0.3, 0.4) is 0 Å². The summed E-state index contributed by atoms with van der Waals surface area (Å²) in [5.74, 6) is 0.398. The SMILES string of the molecule is O=C(C1CCN(c2cnc3nccnc3c2)CC1)N1CCN(c2cccc(Cl)c2)CC1. The van der Waals surface area contributed by atoms with Gasteiger partial charge in [-0.2, -0.15) is 0 Å². The first kappa shape index (κ1) is 20.0. The van der Waals surface area contributed by atoms with Crippen LogP contribution in [0.1, 0.15) is 12.8 Å². The molecule has 0 unspecified atom stereocenters. The van der Waals surface area contributed by atoms with Crippen molar-refractivity contribution in [3.8, 4) is 0 Å². The number of hydrogen-bond acceptors (Lipinski definition) is 6. The third-order valence-corrected chi connectivity index (χ3v) is 6.52. The van der Waals surface area contributed by atoms with Gasteiger partial charge in [0.2, 0.25) is 5.91 Å². The van der Waals surface area contributed by atoms with E-state index in [2.05, 4.69) is 30.8 Å². The Morgan fingerprint density at radius 1 is 0.871 bits per heavy atom. The predicted octanol–water partition coefficient (Wildman–Crippen LogP) is 3.24. The van der Waals surface area contributed by atoms with Crippen LogP contribution in [0.5, 0.6) is 0 Å². The van der Waals surface area contributed by atoms with E-state index in [1.54, 1.807) is 12.4 Å². The number of halogens is 1. The zero-order valence-corrected chi connectivity index (χ0v) is 18.1. The number of hydrogen-bond donors (Lipinski definition) is 0. The normalized spacial score (nSPS) is 17.9. The van der Waals surface area contributed by atoms with Gasteiger partial charge < -0.3 is 14.7 Å². The van der Waals surface area contributed by atoms with Gasteiger partial charge in [0.25, 0.3) is 0 Å². The first-order chi connectivity index (χ1) is 15.2. The fourth-order valence-electron chi connectivity index (χ4n) is 4.52. The van der Waals surface area contributed by atoms with Gasteiger partial charge in [-0.15, -0.1) is 0 Å². The molecule has 2 saturated heterocycles. The van der Waals surface area contributed by atoms with Crippen LogP contribution in [-0.2, 0) is 4.79 Å². The molecule has 2 aromatic heterocycles. The number of anilines is 2. The molecule has 0 aliphatic carbocycles. The highest BCUT2D eigenvalue weighted by molar-refractivity contribution is 6.30. The molecule has 1 aromatic carbocycles. The highest BCUT2D eigenvalue weighted by atomic mass is 35.5. The van der Waals surface area contributed by atoms with Gasteiger partial charge in [-0.1, -0.05) is 17.7 Å². The number of rotatable bonds is 3. The van der Waals surface area contributed by atoms with Gasteiger partial charge in [0.05, 0.1) is 11.9 Å². The number of amides is 1. The Kier molecular flexibility index (Phi) is 5.59. The molecule has 0 radical (unpaired) electrons. The van der Waals surface area contributed by atoms with E-state index >= 15 is 0 Å². The van der Waals surface area contributed by atoms with Gasteiger partial charge in [-0.05, 0) is 37.1 Å². The molecule has 0 bridgehead atoms. The summed E-state index contributed by atoms with van der Waals surface area (Å²) in [6.45, 7) is 4.92. The second kappa shape index (κ2) is 8.67. The van der Waals surface area contributed by atoms with Crippen molar-refractivity contribution in [3.05, 3.63) is 53.9 Å². The molecule has 1 amide bonds. The average molecular weight is 437 g/mol. The number of pyridine rings is 1. The van der Waals surface area contributed by atoms with Gasteiger partial charge >= 0.3 is 0 Å². The van der Waals surface area contributed by atoms with E-state index in [1.165, 1.54) is 0 Å². The van der Waals surface area contributed by atoms with Crippen molar-refractivity contribution >= 4 is 40.0 Å². The first-order valence-electron chi connectivity index (χ1n) is 10.8. The zero-order chi connectivity index (χ0) is 21.2.